The van der Waals surface area contributed by atoms with Crippen LogP contribution in [-0.4, -0.2) is 26.2 Å². The van der Waals surface area contributed by atoms with E-state index in [-0.39, 0.29) is 11.9 Å². The minimum Gasteiger partial charge on any atom is -0.495 e. The van der Waals surface area contributed by atoms with Gasteiger partial charge in [-0.05, 0) is 34.0 Å². The number of allylic oxidation sites excluding steroid dienone is 1. The van der Waals surface area contributed by atoms with Gasteiger partial charge in [0.15, 0.2) is 0 Å². The van der Waals surface area contributed by atoms with Gasteiger partial charge in [0.2, 0.25) is 0 Å². The quantitative estimate of drug-likeness (QED) is 0.671. The van der Waals surface area contributed by atoms with Gasteiger partial charge in [-0.3, -0.25) is 0 Å². The van der Waals surface area contributed by atoms with E-state index in [1.165, 1.54) is 14.2 Å². The topological polar surface area (TPSA) is 76.7 Å². The van der Waals surface area contributed by atoms with E-state index in [0.717, 1.165) is 4.47 Å². The lowest BCUT2D eigenvalue weighted by molar-refractivity contribution is -0.136. The molecular weight excluding hydrogens is 444 g/mol. The zero-order valence-corrected chi connectivity index (χ0v) is 16.9. The van der Waals surface area contributed by atoms with E-state index < -0.39 is 12.0 Å². The molecule has 1 heterocycles. The molecule has 130 valence electrons. The Morgan fingerprint density at radius 1 is 1.25 bits per heavy atom. The van der Waals surface area contributed by atoms with Crippen LogP contribution in [0.5, 0.6) is 5.75 Å². The van der Waals surface area contributed by atoms with E-state index in [2.05, 4.69) is 42.5 Å². The molecule has 0 fully saturated rings. The molecule has 2 amide bonds. The molecule has 0 bridgehead atoms. The number of hydrogen-bond donors (Lipinski definition) is 2. The lowest BCUT2D eigenvalue weighted by Gasteiger charge is -2.31. The number of methoxy groups -OCH3 is 2. The number of urea groups is 1. The summed E-state index contributed by atoms with van der Waals surface area (Å²) < 4.78 is 11.9. The lowest BCUT2D eigenvalue weighted by Crippen LogP contribution is -2.47. The van der Waals surface area contributed by atoms with Crippen LogP contribution in [0.2, 0.25) is 0 Å². The molecule has 0 aliphatic carbocycles. The predicted octanol–water partition coefficient (Wildman–Crippen LogP) is 3.66. The first-order valence-electron chi connectivity index (χ1n) is 7.23. The average molecular weight is 462 g/mol. The highest BCUT2D eigenvalue weighted by Crippen LogP contribution is 2.40. The zero-order chi connectivity index (χ0) is 18.0. The summed E-state index contributed by atoms with van der Waals surface area (Å²) in [5.41, 5.74) is 1.54. The van der Waals surface area contributed by atoms with Crippen LogP contribution in [0.15, 0.2) is 32.3 Å². The Labute approximate surface area is 157 Å². The number of nitrogens with one attached hydrogen (secondary N) is 2. The maximum atomic E-state index is 12.4. The van der Waals surface area contributed by atoms with E-state index in [1.807, 2.05) is 19.9 Å². The number of carbonyl (C=O) groups is 2. The summed E-state index contributed by atoms with van der Waals surface area (Å²) in [6, 6.07) is 2.57. The van der Waals surface area contributed by atoms with Crippen molar-refractivity contribution >= 4 is 43.9 Å². The molecule has 1 unspecified atom stereocenters. The Bertz CT molecular complexity index is 716. The summed E-state index contributed by atoms with van der Waals surface area (Å²) in [5, 5.41) is 5.49. The molecule has 2 rings (SSSR count). The van der Waals surface area contributed by atoms with Gasteiger partial charge in [-0.2, -0.15) is 0 Å². The normalized spacial score (nSPS) is 17.5. The smallest absolute Gasteiger partial charge is 0.337 e. The second kappa shape index (κ2) is 7.57. The molecule has 24 heavy (non-hydrogen) atoms. The van der Waals surface area contributed by atoms with Gasteiger partial charge in [0.05, 0.1) is 30.3 Å². The van der Waals surface area contributed by atoms with Crippen LogP contribution in [0.25, 0.3) is 0 Å². The molecule has 0 spiro atoms. The van der Waals surface area contributed by atoms with Crippen LogP contribution >= 0.6 is 31.9 Å². The lowest BCUT2D eigenvalue weighted by atomic mass is 9.91. The molecule has 0 aromatic heterocycles. The minimum atomic E-state index is -0.688. The van der Waals surface area contributed by atoms with Gasteiger partial charge < -0.3 is 20.1 Å². The number of amides is 2. The molecule has 0 radical (unpaired) electrons. The van der Waals surface area contributed by atoms with Crippen molar-refractivity contribution in [2.24, 2.45) is 5.92 Å². The molecule has 6 nitrogen and oxygen atoms in total. The summed E-state index contributed by atoms with van der Waals surface area (Å²) in [6.45, 7) is 3.80. The number of esters is 1. The van der Waals surface area contributed by atoms with Crippen molar-refractivity contribution in [2.75, 3.05) is 14.2 Å². The first-order valence-corrected chi connectivity index (χ1v) is 8.81. The zero-order valence-electron chi connectivity index (χ0n) is 13.7. The number of carbonyl (C=O) groups excluding carboxylic acids is 2. The molecule has 1 aromatic rings. The fourth-order valence-electron chi connectivity index (χ4n) is 2.62. The second-order valence-electron chi connectivity index (χ2n) is 5.52. The summed E-state index contributed by atoms with van der Waals surface area (Å²) in [5.74, 6) is -0.0292. The van der Waals surface area contributed by atoms with Crippen molar-refractivity contribution in [3.05, 3.63) is 37.9 Å². The average Bonchev–Trinajstić information content (AvgIpc) is 2.52. The van der Waals surface area contributed by atoms with Gasteiger partial charge in [-0.25, -0.2) is 9.59 Å². The van der Waals surface area contributed by atoms with Crippen molar-refractivity contribution < 1.29 is 19.1 Å². The minimum absolute atomic E-state index is 0.0609. The van der Waals surface area contributed by atoms with E-state index in [1.54, 1.807) is 6.07 Å². The van der Waals surface area contributed by atoms with Crippen molar-refractivity contribution in [1.29, 1.82) is 0 Å². The fourth-order valence-corrected chi connectivity index (χ4v) is 4.04. The monoisotopic (exact) mass is 460 g/mol. The van der Waals surface area contributed by atoms with Gasteiger partial charge in [0.1, 0.15) is 5.75 Å². The highest BCUT2D eigenvalue weighted by atomic mass is 79.9. The number of hydrogen-bond acceptors (Lipinski definition) is 4. The number of rotatable bonds is 4. The SMILES string of the molecule is COC(=O)C1=C(C(C)C)NC(=O)NC1c1cc(Br)cc(Br)c1OC. The molecule has 1 aliphatic rings. The molecule has 1 aromatic carbocycles. The first kappa shape index (κ1) is 18.8. The van der Waals surface area contributed by atoms with Gasteiger partial charge in [0.25, 0.3) is 0 Å². The third-order valence-electron chi connectivity index (χ3n) is 3.64. The second-order valence-corrected chi connectivity index (χ2v) is 7.29. The summed E-state index contributed by atoms with van der Waals surface area (Å²) in [4.78, 5) is 24.5. The molecule has 8 heteroatoms. The van der Waals surface area contributed by atoms with Crippen LogP contribution in [0.3, 0.4) is 0 Å². The Morgan fingerprint density at radius 3 is 2.46 bits per heavy atom. The fraction of sp³-hybridized carbons (Fsp3) is 0.375. The van der Waals surface area contributed by atoms with Gasteiger partial charge in [-0.15, -0.1) is 0 Å². The van der Waals surface area contributed by atoms with E-state index >= 15 is 0 Å². The Morgan fingerprint density at radius 2 is 1.92 bits per heavy atom. The maximum absolute atomic E-state index is 12.4. The van der Waals surface area contributed by atoms with Crippen LogP contribution in [0.4, 0.5) is 4.79 Å². The summed E-state index contributed by atoms with van der Waals surface area (Å²) >= 11 is 6.87. The third kappa shape index (κ3) is 3.59. The van der Waals surface area contributed by atoms with Crippen LogP contribution < -0.4 is 15.4 Å². The Hall–Kier alpha value is -1.54. The van der Waals surface area contributed by atoms with Gasteiger partial charge >= 0.3 is 12.0 Å². The van der Waals surface area contributed by atoms with Crippen LogP contribution in [0, 0.1) is 5.92 Å². The Balaban J connectivity index is 2.73. The van der Waals surface area contributed by atoms with Crippen molar-refractivity contribution in [1.82, 2.24) is 10.6 Å². The number of benzene rings is 1. The molecule has 0 saturated carbocycles. The van der Waals surface area contributed by atoms with Crippen molar-refractivity contribution in [3.8, 4) is 5.75 Å². The Kier molecular flexibility index (Phi) is 5.92. The molecule has 0 saturated heterocycles. The van der Waals surface area contributed by atoms with Gasteiger partial charge in [-0.1, -0.05) is 29.8 Å². The predicted molar refractivity (Wildman–Crippen MR) is 96.7 cm³/mol. The van der Waals surface area contributed by atoms with Crippen molar-refractivity contribution in [3.63, 3.8) is 0 Å². The van der Waals surface area contributed by atoms with E-state index in [0.29, 0.717) is 27.1 Å². The van der Waals surface area contributed by atoms with Crippen molar-refractivity contribution in [2.45, 2.75) is 19.9 Å². The number of halogens is 2. The number of ether oxygens (including phenoxy) is 2. The van der Waals surface area contributed by atoms with Crippen LogP contribution in [-0.2, 0) is 9.53 Å². The van der Waals surface area contributed by atoms with Gasteiger partial charge in [0, 0.05) is 15.7 Å². The first-order chi connectivity index (χ1) is 11.3. The molecule has 2 N–H and O–H groups in total. The van der Waals surface area contributed by atoms with E-state index in [4.69, 9.17) is 9.47 Å². The molecular formula is C16H18Br2N2O4. The summed E-state index contributed by atoms with van der Waals surface area (Å²) in [7, 11) is 2.85. The molecule has 1 atom stereocenters. The molecule has 1 aliphatic heterocycles. The van der Waals surface area contributed by atoms with E-state index in [9.17, 15) is 9.59 Å². The highest BCUT2D eigenvalue weighted by Gasteiger charge is 2.36. The maximum Gasteiger partial charge on any atom is 0.337 e. The highest BCUT2D eigenvalue weighted by molar-refractivity contribution is 9.11. The van der Waals surface area contributed by atoms with Crippen LogP contribution in [0.1, 0.15) is 25.5 Å². The third-order valence-corrected chi connectivity index (χ3v) is 4.68. The standard InChI is InChI=1S/C16H18Br2N2O4/c1-7(2)12-11(15(21)24-4)13(20-16(22)19-12)9-5-8(17)6-10(18)14(9)23-3/h5-7,13H,1-4H3,(H2,19,20,22). The largest absolute Gasteiger partial charge is 0.495 e. The summed E-state index contributed by atoms with van der Waals surface area (Å²) in [6.07, 6.45) is 0.